The molecule has 1 aromatic carbocycles. The van der Waals surface area contributed by atoms with E-state index in [-0.39, 0.29) is 0 Å². The molecule has 2 nitrogen and oxygen atoms in total. The number of rotatable bonds is 3. The predicted octanol–water partition coefficient (Wildman–Crippen LogP) is 4.54. The van der Waals surface area contributed by atoms with Crippen LogP contribution in [0.5, 0.6) is 11.6 Å². The predicted molar refractivity (Wildman–Crippen MR) is 74.5 cm³/mol. The number of hydrogen-bond donors (Lipinski definition) is 0. The Hall–Kier alpha value is -1.54. The largest absolute Gasteiger partial charge is 0.439 e. The quantitative estimate of drug-likeness (QED) is 0.757. The Morgan fingerprint density at radius 2 is 1.89 bits per heavy atom. The Morgan fingerprint density at radius 3 is 2.50 bits per heavy atom. The van der Waals surface area contributed by atoms with Gasteiger partial charge in [-0.05, 0) is 38.0 Å². The van der Waals surface area contributed by atoms with Crippen LogP contribution in [0, 0.1) is 20.8 Å². The van der Waals surface area contributed by atoms with E-state index in [1.165, 1.54) is 5.56 Å². The standard InChI is InChI=1S/C15H16ClNO/c1-10-4-6-14(11(2)8-10)18-15-7-5-13(9-16)12(3)17-15/h4-8H,9H2,1-3H3. The van der Waals surface area contributed by atoms with Crippen molar-refractivity contribution >= 4 is 11.6 Å². The topological polar surface area (TPSA) is 22.1 Å². The average molecular weight is 262 g/mol. The molecule has 0 unspecified atom stereocenters. The molecular formula is C15H16ClNO. The fourth-order valence-electron chi connectivity index (χ4n) is 1.79. The van der Waals surface area contributed by atoms with Crippen LogP contribution in [-0.4, -0.2) is 4.98 Å². The fourth-order valence-corrected chi connectivity index (χ4v) is 2.07. The van der Waals surface area contributed by atoms with E-state index >= 15 is 0 Å². The number of hydrogen-bond acceptors (Lipinski definition) is 2. The zero-order chi connectivity index (χ0) is 13.1. The van der Waals surface area contributed by atoms with Gasteiger partial charge in [0.05, 0.1) is 0 Å². The lowest BCUT2D eigenvalue weighted by Gasteiger charge is -2.10. The van der Waals surface area contributed by atoms with E-state index in [2.05, 4.69) is 18.0 Å². The number of benzene rings is 1. The molecule has 0 aliphatic carbocycles. The summed E-state index contributed by atoms with van der Waals surface area (Å²) in [5.74, 6) is 1.92. The highest BCUT2D eigenvalue weighted by Gasteiger charge is 2.05. The molecule has 0 saturated heterocycles. The molecule has 0 aliphatic rings. The first-order valence-corrected chi connectivity index (χ1v) is 6.41. The number of halogens is 1. The fraction of sp³-hybridized carbons (Fsp3) is 0.267. The Morgan fingerprint density at radius 1 is 1.11 bits per heavy atom. The summed E-state index contributed by atoms with van der Waals surface area (Å²) in [7, 11) is 0. The highest BCUT2D eigenvalue weighted by molar-refractivity contribution is 6.17. The first kappa shape index (κ1) is 12.9. The van der Waals surface area contributed by atoms with Crippen molar-refractivity contribution in [2.24, 2.45) is 0 Å². The second-order valence-electron chi connectivity index (χ2n) is 4.40. The van der Waals surface area contributed by atoms with Gasteiger partial charge in [0.25, 0.3) is 0 Å². The summed E-state index contributed by atoms with van der Waals surface area (Å²) in [6, 6.07) is 9.90. The summed E-state index contributed by atoms with van der Waals surface area (Å²) in [6.45, 7) is 6.03. The summed E-state index contributed by atoms with van der Waals surface area (Å²) in [5.41, 5.74) is 4.27. The minimum atomic E-state index is 0.475. The van der Waals surface area contributed by atoms with E-state index in [9.17, 15) is 0 Å². The van der Waals surface area contributed by atoms with Crippen LogP contribution in [0.4, 0.5) is 0 Å². The summed E-state index contributed by atoms with van der Waals surface area (Å²) >= 11 is 5.81. The lowest BCUT2D eigenvalue weighted by atomic mass is 10.1. The Labute approximate surface area is 113 Å². The van der Waals surface area contributed by atoms with E-state index in [4.69, 9.17) is 16.3 Å². The molecule has 94 valence electrons. The molecule has 0 amide bonds. The molecule has 2 rings (SSSR count). The van der Waals surface area contributed by atoms with Crippen LogP contribution in [0.3, 0.4) is 0 Å². The third-order valence-electron chi connectivity index (χ3n) is 2.86. The molecule has 2 aromatic rings. The van der Waals surface area contributed by atoms with Crippen LogP contribution in [0.2, 0.25) is 0 Å². The van der Waals surface area contributed by atoms with Crippen LogP contribution in [0.15, 0.2) is 30.3 Å². The van der Waals surface area contributed by atoms with E-state index in [0.717, 1.165) is 22.6 Å². The van der Waals surface area contributed by atoms with E-state index in [1.54, 1.807) is 0 Å². The lowest BCUT2D eigenvalue weighted by Crippen LogP contribution is -1.95. The van der Waals surface area contributed by atoms with Gasteiger partial charge >= 0.3 is 0 Å². The Kier molecular flexibility index (Phi) is 3.87. The molecule has 0 saturated carbocycles. The normalized spacial score (nSPS) is 10.4. The number of nitrogens with zero attached hydrogens (tertiary/aromatic N) is 1. The number of ether oxygens (including phenoxy) is 1. The van der Waals surface area contributed by atoms with Crippen LogP contribution in [0.1, 0.15) is 22.4 Å². The molecule has 0 aliphatic heterocycles. The summed E-state index contributed by atoms with van der Waals surface area (Å²) < 4.78 is 5.79. The van der Waals surface area contributed by atoms with Crippen molar-refractivity contribution in [2.75, 3.05) is 0 Å². The van der Waals surface area contributed by atoms with Gasteiger partial charge in [-0.15, -0.1) is 11.6 Å². The monoisotopic (exact) mass is 261 g/mol. The first-order chi connectivity index (χ1) is 8.60. The van der Waals surface area contributed by atoms with Crippen molar-refractivity contribution < 1.29 is 4.74 Å². The van der Waals surface area contributed by atoms with Gasteiger partial charge < -0.3 is 4.74 Å². The molecule has 0 bridgehead atoms. The highest BCUT2D eigenvalue weighted by Crippen LogP contribution is 2.25. The van der Waals surface area contributed by atoms with Crippen LogP contribution in [-0.2, 0) is 5.88 Å². The maximum atomic E-state index is 5.81. The van der Waals surface area contributed by atoms with Gasteiger partial charge in [0.2, 0.25) is 5.88 Å². The number of aryl methyl sites for hydroxylation is 3. The molecule has 3 heteroatoms. The third kappa shape index (κ3) is 2.82. The Bertz CT molecular complexity index is 566. The zero-order valence-electron chi connectivity index (χ0n) is 10.8. The van der Waals surface area contributed by atoms with Crippen LogP contribution >= 0.6 is 11.6 Å². The first-order valence-electron chi connectivity index (χ1n) is 5.87. The SMILES string of the molecule is Cc1ccc(Oc2ccc(CCl)c(C)n2)c(C)c1. The van der Waals surface area contributed by atoms with Crippen molar-refractivity contribution in [1.82, 2.24) is 4.98 Å². The van der Waals surface area contributed by atoms with Gasteiger partial charge in [-0.2, -0.15) is 0 Å². The van der Waals surface area contributed by atoms with E-state index in [1.807, 2.05) is 38.1 Å². The van der Waals surface area contributed by atoms with Crippen molar-refractivity contribution in [3.63, 3.8) is 0 Å². The molecular weight excluding hydrogens is 246 g/mol. The smallest absolute Gasteiger partial charge is 0.219 e. The molecule has 0 N–H and O–H groups in total. The highest BCUT2D eigenvalue weighted by atomic mass is 35.5. The number of aromatic nitrogens is 1. The molecule has 18 heavy (non-hydrogen) atoms. The van der Waals surface area contributed by atoms with Crippen molar-refractivity contribution in [3.05, 3.63) is 52.7 Å². The average Bonchev–Trinajstić information content (AvgIpc) is 2.33. The lowest BCUT2D eigenvalue weighted by molar-refractivity contribution is 0.458. The van der Waals surface area contributed by atoms with Gasteiger partial charge in [0.15, 0.2) is 0 Å². The molecule has 0 fully saturated rings. The zero-order valence-corrected chi connectivity index (χ0v) is 11.6. The molecule has 0 atom stereocenters. The molecule has 0 spiro atoms. The maximum absolute atomic E-state index is 5.81. The molecule has 0 radical (unpaired) electrons. The maximum Gasteiger partial charge on any atom is 0.219 e. The molecule has 1 heterocycles. The number of pyridine rings is 1. The minimum Gasteiger partial charge on any atom is -0.439 e. The van der Waals surface area contributed by atoms with Crippen LogP contribution < -0.4 is 4.74 Å². The van der Waals surface area contributed by atoms with Gasteiger partial charge in [-0.1, -0.05) is 23.8 Å². The summed E-state index contributed by atoms with van der Waals surface area (Å²) in [4.78, 5) is 4.40. The third-order valence-corrected chi connectivity index (χ3v) is 3.15. The van der Waals surface area contributed by atoms with Gasteiger partial charge in [-0.3, -0.25) is 0 Å². The summed E-state index contributed by atoms with van der Waals surface area (Å²) in [6.07, 6.45) is 0. The second kappa shape index (κ2) is 5.40. The van der Waals surface area contributed by atoms with Crippen molar-refractivity contribution in [2.45, 2.75) is 26.7 Å². The summed E-state index contributed by atoms with van der Waals surface area (Å²) in [5, 5.41) is 0. The van der Waals surface area contributed by atoms with Crippen LogP contribution in [0.25, 0.3) is 0 Å². The van der Waals surface area contributed by atoms with E-state index in [0.29, 0.717) is 11.8 Å². The van der Waals surface area contributed by atoms with Gasteiger partial charge in [0, 0.05) is 17.6 Å². The Balaban J connectivity index is 2.26. The van der Waals surface area contributed by atoms with Crippen molar-refractivity contribution in [3.8, 4) is 11.6 Å². The van der Waals surface area contributed by atoms with E-state index < -0.39 is 0 Å². The van der Waals surface area contributed by atoms with Gasteiger partial charge in [0.1, 0.15) is 5.75 Å². The van der Waals surface area contributed by atoms with Gasteiger partial charge in [-0.25, -0.2) is 4.98 Å². The molecule has 1 aromatic heterocycles. The van der Waals surface area contributed by atoms with Crippen molar-refractivity contribution in [1.29, 1.82) is 0 Å². The second-order valence-corrected chi connectivity index (χ2v) is 4.67. The minimum absolute atomic E-state index is 0.475. The number of alkyl halides is 1.